The highest BCUT2D eigenvalue weighted by Crippen LogP contribution is 2.35. The number of carbonyl (C=O) groups is 2. The lowest BCUT2D eigenvalue weighted by atomic mass is 10.1. The molecule has 0 aliphatic heterocycles. The van der Waals surface area contributed by atoms with E-state index in [2.05, 4.69) is 20.6 Å². The van der Waals surface area contributed by atoms with Crippen molar-refractivity contribution in [3.63, 3.8) is 0 Å². The van der Waals surface area contributed by atoms with E-state index >= 15 is 0 Å². The summed E-state index contributed by atoms with van der Waals surface area (Å²) in [6.45, 7) is 4.29. The van der Waals surface area contributed by atoms with E-state index in [-0.39, 0.29) is 26.3 Å². The van der Waals surface area contributed by atoms with Crippen molar-refractivity contribution in [1.82, 2.24) is 20.6 Å². The zero-order chi connectivity index (χ0) is 44.4. The van der Waals surface area contributed by atoms with Crippen LogP contribution >= 0.6 is 0 Å². The van der Waals surface area contributed by atoms with Gasteiger partial charge in [-0.15, -0.1) is 0 Å². The molecule has 2 aromatic heterocycles. The standard InChI is InChI=1S/C50H50N4O10/c1-31(47(51-27-29-59-41-23-11-9-21-39(41)57-3)63-43-25-13-19-37-45(43)33-15-5-7-17-35(33)53-37)61-49(55)50(56)62-32(2)48(52-28-30-60-42-24-12-10-22-40(42)58-4)64-44-26-14-20-38-46(44)34-16-6-8-18-36(34)54-38/h5-26,31-32,47-48,51-54H,27-30H2,1-4H3. The van der Waals surface area contributed by atoms with Gasteiger partial charge in [0.2, 0.25) is 0 Å². The Morgan fingerprint density at radius 2 is 0.828 bits per heavy atom. The molecule has 0 aliphatic rings. The quantitative estimate of drug-likeness (QED) is 0.0251. The van der Waals surface area contributed by atoms with Gasteiger partial charge in [0.05, 0.1) is 25.3 Å². The normalized spacial score (nSPS) is 13.2. The summed E-state index contributed by atoms with van der Waals surface area (Å²) >= 11 is 0. The van der Waals surface area contributed by atoms with Crippen molar-refractivity contribution in [2.45, 2.75) is 38.5 Å². The third kappa shape index (κ3) is 9.78. The summed E-state index contributed by atoms with van der Waals surface area (Å²) in [4.78, 5) is 34.1. The SMILES string of the molecule is COc1ccccc1OCCNC(Oc1cccc2[nH]c3ccccc3c12)C(C)OC(=O)C(=O)OC(C)C(NCCOc1ccccc1OC)Oc1cccc2[nH]c3ccccc3c12. The molecule has 4 atom stereocenters. The first kappa shape index (κ1) is 43.2. The number of hydrogen-bond donors (Lipinski definition) is 4. The van der Waals surface area contributed by atoms with Gasteiger partial charge in [0, 0.05) is 45.7 Å². The van der Waals surface area contributed by atoms with E-state index in [1.165, 1.54) is 0 Å². The van der Waals surface area contributed by atoms with E-state index in [0.717, 1.165) is 43.6 Å². The number of methoxy groups -OCH3 is 2. The van der Waals surface area contributed by atoms with Gasteiger partial charge in [0.15, 0.2) is 35.5 Å². The number of aromatic amines is 2. The predicted octanol–water partition coefficient (Wildman–Crippen LogP) is 8.28. The second kappa shape index (κ2) is 20.2. The van der Waals surface area contributed by atoms with Crippen LogP contribution in [0.3, 0.4) is 0 Å². The Balaban J connectivity index is 0.975. The highest BCUT2D eigenvalue weighted by molar-refractivity contribution is 6.29. The summed E-state index contributed by atoms with van der Waals surface area (Å²) < 4.78 is 47.6. The Hall–Kier alpha value is -7.42. The average molecular weight is 867 g/mol. The fourth-order valence-corrected chi connectivity index (χ4v) is 7.57. The van der Waals surface area contributed by atoms with Gasteiger partial charge in [-0.3, -0.25) is 10.6 Å². The van der Waals surface area contributed by atoms with Gasteiger partial charge in [-0.25, -0.2) is 9.59 Å². The van der Waals surface area contributed by atoms with Crippen molar-refractivity contribution in [3.05, 3.63) is 133 Å². The molecule has 64 heavy (non-hydrogen) atoms. The van der Waals surface area contributed by atoms with E-state index in [4.69, 9.17) is 37.9 Å². The first-order chi connectivity index (χ1) is 31.3. The lowest BCUT2D eigenvalue weighted by molar-refractivity contribution is -0.178. The van der Waals surface area contributed by atoms with Crippen LogP contribution in [-0.2, 0) is 19.1 Å². The van der Waals surface area contributed by atoms with Crippen molar-refractivity contribution in [3.8, 4) is 34.5 Å². The van der Waals surface area contributed by atoms with Crippen molar-refractivity contribution >= 4 is 55.6 Å². The molecule has 8 rings (SSSR count). The summed E-state index contributed by atoms with van der Waals surface area (Å²) in [6.07, 6.45) is -3.82. The van der Waals surface area contributed by atoms with Gasteiger partial charge in [-0.1, -0.05) is 72.8 Å². The van der Waals surface area contributed by atoms with Crippen molar-refractivity contribution in [2.24, 2.45) is 0 Å². The number of fused-ring (bicyclic) bond motifs is 6. The number of esters is 2. The second-order valence-corrected chi connectivity index (χ2v) is 14.9. The number of carbonyl (C=O) groups excluding carboxylic acids is 2. The van der Waals surface area contributed by atoms with E-state index in [0.29, 0.717) is 34.5 Å². The largest absolute Gasteiger partial charge is 0.493 e. The topological polar surface area (TPSA) is 164 Å². The molecule has 2 heterocycles. The molecule has 0 spiro atoms. The van der Waals surface area contributed by atoms with Gasteiger partial charge < -0.3 is 47.9 Å². The number of H-pyrrole nitrogens is 2. The molecule has 4 N–H and O–H groups in total. The Morgan fingerprint density at radius 1 is 0.469 bits per heavy atom. The Kier molecular flexibility index (Phi) is 13.6. The number of benzene rings is 6. The average Bonchev–Trinajstić information content (AvgIpc) is 3.90. The summed E-state index contributed by atoms with van der Waals surface area (Å²) in [6, 6.07) is 41.9. The second-order valence-electron chi connectivity index (χ2n) is 14.9. The molecular weight excluding hydrogens is 817 g/mol. The first-order valence-corrected chi connectivity index (χ1v) is 21.0. The number of para-hydroxylation sites is 6. The van der Waals surface area contributed by atoms with Crippen LogP contribution in [-0.4, -0.2) is 87.1 Å². The molecule has 330 valence electrons. The third-order valence-electron chi connectivity index (χ3n) is 10.6. The van der Waals surface area contributed by atoms with Crippen LogP contribution in [0.1, 0.15) is 13.8 Å². The summed E-state index contributed by atoms with van der Waals surface area (Å²) in [5.41, 5.74) is 3.63. The number of ether oxygens (including phenoxy) is 8. The maximum Gasteiger partial charge on any atom is 0.417 e. The first-order valence-electron chi connectivity index (χ1n) is 21.0. The van der Waals surface area contributed by atoms with Gasteiger partial charge in [-0.05, 0) is 74.5 Å². The van der Waals surface area contributed by atoms with E-state index in [1.807, 2.05) is 133 Å². The Bertz CT molecular complexity index is 2660. The molecule has 0 fully saturated rings. The van der Waals surface area contributed by atoms with Crippen LogP contribution < -0.4 is 39.1 Å². The van der Waals surface area contributed by atoms with Crippen molar-refractivity contribution < 1.29 is 47.5 Å². The molecule has 0 radical (unpaired) electrons. The van der Waals surface area contributed by atoms with Crippen molar-refractivity contribution in [1.29, 1.82) is 0 Å². The molecule has 0 bridgehead atoms. The third-order valence-corrected chi connectivity index (χ3v) is 10.6. The summed E-state index contributed by atoms with van der Waals surface area (Å²) in [5, 5.41) is 10.3. The molecule has 14 nitrogen and oxygen atoms in total. The summed E-state index contributed by atoms with van der Waals surface area (Å²) in [7, 11) is 3.15. The van der Waals surface area contributed by atoms with Gasteiger partial charge in [0.1, 0.15) is 36.9 Å². The number of aromatic nitrogens is 2. The zero-order valence-corrected chi connectivity index (χ0v) is 35.9. The highest BCUT2D eigenvalue weighted by Gasteiger charge is 2.32. The minimum absolute atomic E-state index is 0.225. The molecule has 0 aliphatic carbocycles. The smallest absolute Gasteiger partial charge is 0.417 e. The minimum Gasteiger partial charge on any atom is -0.493 e. The summed E-state index contributed by atoms with van der Waals surface area (Å²) in [5.74, 6) is 1.01. The van der Waals surface area contributed by atoms with Crippen LogP contribution in [0.4, 0.5) is 0 Å². The van der Waals surface area contributed by atoms with Crippen LogP contribution in [0.2, 0.25) is 0 Å². The number of nitrogens with one attached hydrogen (secondary N) is 4. The lowest BCUT2D eigenvalue weighted by Gasteiger charge is -2.28. The van der Waals surface area contributed by atoms with Crippen LogP contribution in [0.15, 0.2) is 133 Å². The molecule has 14 heteroatoms. The van der Waals surface area contributed by atoms with Gasteiger partial charge >= 0.3 is 11.9 Å². The van der Waals surface area contributed by atoms with Crippen molar-refractivity contribution in [2.75, 3.05) is 40.5 Å². The monoisotopic (exact) mass is 866 g/mol. The predicted molar refractivity (Wildman–Crippen MR) is 245 cm³/mol. The number of rotatable bonds is 20. The molecule has 4 unspecified atom stereocenters. The van der Waals surface area contributed by atoms with E-state index < -0.39 is 36.6 Å². The molecule has 0 saturated heterocycles. The molecule has 8 aromatic rings. The minimum atomic E-state index is -1.21. The number of hydrogen-bond acceptors (Lipinski definition) is 12. The Morgan fingerprint density at radius 3 is 1.25 bits per heavy atom. The van der Waals surface area contributed by atoms with Crippen LogP contribution in [0.25, 0.3) is 43.6 Å². The maximum absolute atomic E-state index is 13.6. The van der Waals surface area contributed by atoms with E-state index in [1.54, 1.807) is 28.1 Å². The fourth-order valence-electron chi connectivity index (χ4n) is 7.57. The molecule has 0 saturated carbocycles. The molecule has 0 amide bonds. The maximum atomic E-state index is 13.6. The molecule has 6 aromatic carbocycles. The van der Waals surface area contributed by atoms with Gasteiger partial charge in [0.25, 0.3) is 0 Å². The Labute approximate surface area is 369 Å². The lowest BCUT2D eigenvalue weighted by Crippen LogP contribution is -2.49. The van der Waals surface area contributed by atoms with E-state index in [9.17, 15) is 9.59 Å². The highest BCUT2D eigenvalue weighted by atomic mass is 16.6. The zero-order valence-electron chi connectivity index (χ0n) is 35.9. The van der Waals surface area contributed by atoms with Crippen LogP contribution in [0.5, 0.6) is 34.5 Å². The van der Waals surface area contributed by atoms with Crippen LogP contribution in [0, 0.1) is 0 Å². The fraction of sp³-hybridized carbons (Fsp3) is 0.240. The van der Waals surface area contributed by atoms with Gasteiger partial charge in [-0.2, -0.15) is 0 Å². The molecular formula is C50H50N4O10.